The number of benzene rings is 2. The number of aryl methyl sites for hydroxylation is 2. The van der Waals surface area contributed by atoms with Gasteiger partial charge < -0.3 is 15.0 Å². The molecule has 2 N–H and O–H groups in total. The van der Waals surface area contributed by atoms with E-state index in [0.29, 0.717) is 17.2 Å². The molecule has 4 rings (SSSR count). The van der Waals surface area contributed by atoms with Crippen LogP contribution in [0.15, 0.2) is 58.9 Å². The number of nitrogens with one attached hydrogen (secondary N) is 1. The SMILES string of the molecule is Cc1c(S(=O)(=O)CCCNCCCc2ccc3c(ccn3C(C)C(=O)O)c2)sc2ccccc12. The van der Waals surface area contributed by atoms with Crippen LogP contribution in [0, 0.1) is 6.92 Å². The lowest BCUT2D eigenvalue weighted by Gasteiger charge is -2.10. The van der Waals surface area contributed by atoms with Crippen molar-refractivity contribution >= 4 is 48.1 Å². The van der Waals surface area contributed by atoms with Crippen LogP contribution in [0.3, 0.4) is 0 Å². The van der Waals surface area contributed by atoms with Gasteiger partial charge in [0.2, 0.25) is 0 Å². The van der Waals surface area contributed by atoms with E-state index >= 15 is 0 Å². The molecule has 1 atom stereocenters. The zero-order valence-electron chi connectivity index (χ0n) is 19.5. The monoisotopic (exact) mass is 498 g/mol. The normalized spacial score (nSPS) is 13.0. The van der Waals surface area contributed by atoms with Gasteiger partial charge in [-0.3, -0.25) is 0 Å². The number of hydrogen-bond donors (Lipinski definition) is 2. The molecule has 0 bridgehead atoms. The molecule has 2 aromatic carbocycles. The third-order valence-electron chi connectivity index (χ3n) is 6.23. The Kier molecular flexibility index (Phi) is 7.40. The molecule has 0 aliphatic carbocycles. The molecule has 0 fully saturated rings. The molecule has 0 radical (unpaired) electrons. The van der Waals surface area contributed by atoms with Crippen molar-refractivity contribution in [3.8, 4) is 0 Å². The van der Waals surface area contributed by atoms with E-state index in [0.717, 1.165) is 45.9 Å². The number of carboxylic acids is 1. The highest BCUT2D eigenvalue weighted by Gasteiger charge is 2.21. The van der Waals surface area contributed by atoms with E-state index in [1.807, 2.05) is 55.6 Å². The van der Waals surface area contributed by atoms with Gasteiger partial charge in [0.05, 0.1) is 5.75 Å². The minimum Gasteiger partial charge on any atom is -0.480 e. The van der Waals surface area contributed by atoms with E-state index in [2.05, 4.69) is 11.4 Å². The molecule has 0 aliphatic rings. The van der Waals surface area contributed by atoms with Crippen molar-refractivity contribution in [3.63, 3.8) is 0 Å². The lowest BCUT2D eigenvalue weighted by Crippen LogP contribution is -2.20. The number of nitrogens with zero attached hydrogens (tertiary/aromatic N) is 1. The van der Waals surface area contributed by atoms with Gasteiger partial charge in [-0.25, -0.2) is 13.2 Å². The van der Waals surface area contributed by atoms with Crippen LogP contribution in [0.4, 0.5) is 0 Å². The highest BCUT2D eigenvalue weighted by molar-refractivity contribution is 7.93. The van der Waals surface area contributed by atoms with Crippen LogP contribution in [0.1, 0.15) is 36.9 Å². The first-order valence-corrected chi connectivity index (χ1v) is 14.0. The van der Waals surface area contributed by atoms with Crippen molar-refractivity contribution in [2.24, 2.45) is 0 Å². The number of rotatable bonds is 11. The standard InChI is InChI=1S/C26H30N2O4S2/c1-18-22-8-3-4-9-24(22)33-26(18)34(31,32)16-6-14-27-13-5-7-20-10-11-23-21(17-20)12-15-28(23)19(2)25(29)30/h3-4,8-12,15,17,19,27H,5-7,13-14,16H2,1-2H3,(H,29,30). The Balaban J connectivity index is 1.22. The van der Waals surface area contributed by atoms with Gasteiger partial charge in [0.15, 0.2) is 9.84 Å². The van der Waals surface area contributed by atoms with Gasteiger partial charge in [0.25, 0.3) is 0 Å². The predicted molar refractivity (Wildman–Crippen MR) is 139 cm³/mol. The first-order chi connectivity index (χ1) is 16.3. The summed E-state index contributed by atoms with van der Waals surface area (Å²) in [5.41, 5.74) is 2.99. The van der Waals surface area contributed by atoms with Crippen LogP contribution < -0.4 is 5.32 Å². The second kappa shape index (κ2) is 10.3. The summed E-state index contributed by atoms with van der Waals surface area (Å²) >= 11 is 1.37. The average molecular weight is 499 g/mol. The lowest BCUT2D eigenvalue weighted by atomic mass is 10.1. The van der Waals surface area contributed by atoms with Crippen molar-refractivity contribution in [1.29, 1.82) is 0 Å². The fraction of sp³-hybridized carbons (Fsp3) is 0.346. The van der Waals surface area contributed by atoms with E-state index in [1.165, 1.54) is 16.9 Å². The van der Waals surface area contributed by atoms with Crippen LogP contribution in [0.25, 0.3) is 21.0 Å². The Bertz CT molecular complexity index is 1420. The highest BCUT2D eigenvalue weighted by Crippen LogP contribution is 2.34. The van der Waals surface area contributed by atoms with Crippen LogP contribution in [-0.2, 0) is 21.1 Å². The van der Waals surface area contributed by atoms with Crippen LogP contribution in [0.5, 0.6) is 0 Å². The van der Waals surface area contributed by atoms with Gasteiger partial charge >= 0.3 is 5.97 Å². The first kappa shape index (κ1) is 24.4. The van der Waals surface area contributed by atoms with E-state index in [1.54, 1.807) is 11.5 Å². The van der Waals surface area contributed by atoms with Gasteiger partial charge in [-0.2, -0.15) is 0 Å². The zero-order valence-corrected chi connectivity index (χ0v) is 21.1. The summed E-state index contributed by atoms with van der Waals surface area (Å²) in [4.78, 5) is 11.3. The molecule has 6 nitrogen and oxygen atoms in total. The minimum atomic E-state index is -3.28. The summed E-state index contributed by atoms with van der Waals surface area (Å²) in [6.45, 7) is 5.05. The Morgan fingerprint density at radius 3 is 2.65 bits per heavy atom. The third kappa shape index (κ3) is 5.19. The van der Waals surface area contributed by atoms with Gasteiger partial charge in [-0.1, -0.05) is 24.3 Å². The highest BCUT2D eigenvalue weighted by atomic mass is 32.2. The molecule has 0 saturated carbocycles. The molecule has 2 aromatic heterocycles. The molecule has 0 aliphatic heterocycles. The Hall–Kier alpha value is -2.68. The number of aromatic nitrogens is 1. The van der Waals surface area contributed by atoms with Crippen LogP contribution in [-0.4, -0.2) is 42.9 Å². The van der Waals surface area contributed by atoms with Crippen molar-refractivity contribution in [1.82, 2.24) is 9.88 Å². The summed E-state index contributed by atoms with van der Waals surface area (Å²) < 4.78 is 29.0. The van der Waals surface area contributed by atoms with Gasteiger partial charge in [-0.05, 0) is 92.4 Å². The maximum absolute atomic E-state index is 12.8. The topological polar surface area (TPSA) is 88.4 Å². The Labute approximate surface area is 204 Å². The maximum atomic E-state index is 12.8. The maximum Gasteiger partial charge on any atom is 0.326 e. The quantitative estimate of drug-likeness (QED) is 0.278. The average Bonchev–Trinajstić information content (AvgIpc) is 3.39. The van der Waals surface area contributed by atoms with E-state index < -0.39 is 21.8 Å². The number of carboxylic acid groups (broad SMARTS) is 1. The molecule has 34 heavy (non-hydrogen) atoms. The minimum absolute atomic E-state index is 0.149. The zero-order chi connectivity index (χ0) is 24.3. The van der Waals surface area contributed by atoms with Crippen molar-refractivity contribution in [2.75, 3.05) is 18.8 Å². The van der Waals surface area contributed by atoms with Crippen LogP contribution in [0.2, 0.25) is 0 Å². The molecule has 0 saturated heterocycles. The molecule has 8 heteroatoms. The third-order valence-corrected chi connectivity index (χ3v) is 10.0. The fourth-order valence-electron chi connectivity index (χ4n) is 4.30. The summed E-state index contributed by atoms with van der Waals surface area (Å²) in [5.74, 6) is -0.699. The fourth-order valence-corrected chi connectivity index (χ4v) is 7.55. The Morgan fingerprint density at radius 1 is 1.12 bits per heavy atom. The van der Waals surface area contributed by atoms with Gasteiger partial charge in [-0.15, -0.1) is 11.3 Å². The number of thiophene rings is 1. The molecule has 2 heterocycles. The summed E-state index contributed by atoms with van der Waals surface area (Å²) in [5, 5.41) is 14.7. The number of aliphatic carboxylic acids is 1. The molecule has 4 aromatic rings. The van der Waals surface area contributed by atoms with Crippen molar-refractivity contribution in [3.05, 3.63) is 65.9 Å². The molecular weight excluding hydrogens is 468 g/mol. The summed E-state index contributed by atoms with van der Waals surface area (Å²) in [6, 6.07) is 15.3. The first-order valence-electron chi connectivity index (χ1n) is 11.5. The molecule has 0 amide bonds. The molecular formula is C26H30N2O4S2. The number of carbonyl (C=O) groups is 1. The smallest absolute Gasteiger partial charge is 0.326 e. The van der Waals surface area contributed by atoms with Gasteiger partial charge in [0, 0.05) is 16.4 Å². The van der Waals surface area contributed by atoms with Gasteiger partial charge in [0.1, 0.15) is 10.3 Å². The largest absolute Gasteiger partial charge is 0.480 e. The van der Waals surface area contributed by atoms with E-state index in [9.17, 15) is 18.3 Å². The number of hydrogen-bond acceptors (Lipinski definition) is 5. The molecule has 0 spiro atoms. The second-order valence-corrected chi connectivity index (χ2v) is 12.0. The van der Waals surface area contributed by atoms with E-state index in [-0.39, 0.29) is 5.75 Å². The molecule has 180 valence electrons. The lowest BCUT2D eigenvalue weighted by molar-refractivity contribution is -0.140. The number of sulfone groups is 1. The second-order valence-electron chi connectivity index (χ2n) is 8.67. The predicted octanol–water partition coefficient (Wildman–Crippen LogP) is 5.20. The van der Waals surface area contributed by atoms with E-state index in [4.69, 9.17) is 0 Å². The molecule has 1 unspecified atom stereocenters. The van der Waals surface area contributed by atoms with Crippen molar-refractivity contribution in [2.45, 2.75) is 43.4 Å². The summed E-state index contributed by atoms with van der Waals surface area (Å²) in [6.07, 6.45) is 4.25. The summed E-state index contributed by atoms with van der Waals surface area (Å²) in [7, 11) is -3.28. The van der Waals surface area contributed by atoms with Crippen LogP contribution >= 0.6 is 11.3 Å². The Morgan fingerprint density at radius 2 is 1.88 bits per heavy atom. The number of fused-ring (bicyclic) bond motifs is 2. The van der Waals surface area contributed by atoms with Crippen molar-refractivity contribution < 1.29 is 18.3 Å².